The lowest BCUT2D eigenvalue weighted by molar-refractivity contribution is -0.136. The number of rotatable bonds is 6. The molecule has 4 rings (SSSR count). The van der Waals surface area contributed by atoms with E-state index >= 15 is 0 Å². The maximum Gasteiger partial charge on any atom is 0.327 e. The van der Waals surface area contributed by atoms with Crippen LogP contribution in [0.5, 0.6) is 0 Å². The van der Waals surface area contributed by atoms with E-state index in [1.54, 1.807) is 0 Å². The van der Waals surface area contributed by atoms with Gasteiger partial charge in [-0.1, -0.05) is 42.5 Å². The number of likely N-dealkylation sites (tertiary alicyclic amines) is 1. The van der Waals surface area contributed by atoms with Crippen molar-refractivity contribution in [3.8, 4) is 0 Å². The summed E-state index contributed by atoms with van der Waals surface area (Å²) >= 11 is 1.85. The van der Waals surface area contributed by atoms with E-state index in [1.165, 1.54) is 4.90 Å². The van der Waals surface area contributed by atoms with Crippen LogP contribution in [0.25, 0.3) is 10.8 Å². The minimum absolute atomic E-state index is 0.0144. The molecule has 0 saturated carbocycles. The van der Waals surface area contributed by atoms with Crippen LogP contribution in [-0.2, 0) is 11.3 Å². The van der Waals surface area contributed by atoms with Crippen molar-refractivity contribution in [3.05, 3.63) is 48.0 Å². The first-order chi connectivity index (χ1) is 14.5. The van der Waals surface area contributed by atoms with Crippen molar-refractivity contribution in [1.82, 2.24) is 14.7 Å². The molecule has 1 atom stereocenters. The quantitative estimate of drug-likeness (QED) is 0.651. The molecule has 5 nitrogen and oxygen atoms in total. The number of fused-ring (bicyclic) bond motifs is 1. The number of urea groups is 1. The normalized spacial score (nSPS) is 20.5. The highest BCUT2D eigenvalue weighted by Gasteiger charge is 2.57. The number of piperidine rings is 1. The smallest absolute Gasteiger partial charge is 0.310 e. The molecule has 160 valence electrons. The molecule has 2 aromatic rings. The highest BCUT2D eigenvalue weighted by Crippen LogP contribution is 2.38. The van der Waals surface area contributed by atoms with Crippen LogP contribution in [0.3, 0.4) is 0 Å². The zero-order valence-electron chi connectivity index (χ0n) is 18.1. The van der Waals surface area contributed by atoms with Gasteiger partial charge in [0, 0.05) is 31.4 Å². The summed E-state index contributed by atoms with van der Waals surface area (Å²) in [5.41, 5.74) is 0.348. The van der Waals surface area contributed by atoms with Gasteiger partial charge in [0.1, 0.15) is 5.54 Å². The highest BCUT2D eigenvalue weighted by molar-refractivity contribution is 7.98. The molecule has 0 bridgehead atoms. The Morgan fingerprint density at radius 2 is 1.77 bits per heavy atom. The Morgan fingerprint density at radius 1 is 1.07 bits per heavy atom. The summed E-state index contributed by atoms with van der Waals surface area (Å²) in [6.07, 6.45) is 3.57. The van der Waals surface area contributed by atoms with Gasteiger partial charge in [0.25, 0.3) is 5.91 Å². The van der Waals surface area contributed by atoms with Crippen LogP contribution in [0.15, 0.2) is 42.5 Å². The first-order valence-corrected chi connectivity index (χ1v) is 12.2. The van der Waals surface area contributed by atoms with Crippen molar-refractivity contribution < 1.29 is 9.59 Å². The predicted molar refractivity (Wildman–Crippen MR) is 124 cm³/mol. The molecule has 0 aromatic heterocycles. The molecular formula is C24H31N3O2S. The van der Waals surface area contributed by atoms with Gasteiger partial charge in [-0.15, -0.1) is 0 Å². The summed E-state index contributed by atoms with van der Waals surface area (Å²) in [4.78, 5) is 32.7. The van der Waals surface area contributed by atoms with Crippen molar-refractivity contribution in [2.45, 2.75) is 44.8 Å². The summed E-state index contributed by atoms with van der Waals surface area (Å²) in [6, 6.07) is 14.6. The summed E-state index contributed by atoms with van der Waals surface area (Å²) in [6.45, 7) is 6.86. The van der Waals surface area contributed by atoms with E-state index in [2.05, 4.69) is 36.3 Å². The zero-order valence-corrected chi connectivity index (χ0v) is 19.0. The van der Waals surface area contributed by atoms with Crippen LogP contribution >= 0.6 is 11.8 Å². The fourth-order valence-electron chi connectivity index (χ4n) is 5.13. The molecule has 1 unspecified atom stereocenters. The molecule has 0 N–H and O–H groups in total. The van der Waals surface area contributed by atoms with Crippen molar-refractivity contribution in [3.63, 3.8) is 0 Å². The molecular weight excluding hydrogens is 394 g/mol. The molecule has 2 heterocycles. The van der Waals surface area contributed by atoms with Crippen molar-refractivity contribution in [2.75, 3.05) is 31.6 Å². The largest absolute Gasteiger partial charge is 0.327 e. The molecule has 2 aliphatic rings. The van der Waals surface area contributed by atoms with Crippen LogP contribution in [0.4, 0.5) is 4.79 Å². The maximum absolute atomic E-state index is 13.6. The van der Waals surface area contributed by atoms with Crippen molar-refractivity contribution in [1.29, 1.82) is 0 Å². The molecule has 2 fully saturated rings. The third-order valence-corrected chi connectivity index (χ3v) is 7.62. The fourth-order valence-corrected chi connectivity index (χ4v) is 5.82. The topological polar surface area (TPSA) is 43.9 Å². The molecule has 3 amide bonds. The summed E-state index contributed by atoms with van der Waals surface area (Å²) < 4.78 is 0. The maximum atomic E-state index is 13.6. The number of amides is 3. The Kier molecular flexibility index (Phi) is 6.07. The number of carbonyl (C=O) groups excluding carboxylic acids is 2. The van der Waals surface area contributed by atoms with E-state index in [4.69, 9.17) is 0 Å². The predicted octanol–water partition coefficient (Wildman–Crippen LogP) is 4.21. The molecule has 1 spiro atoms. The number of carbonyl (C=O) groups is 2. The highest BCUT2D eigenvalue weighted by atomic mass is 32.2. The number of hydrogen-bond donors (Lipinski definition) is 0. The average molecular weight is 426 g/mol. The summed E-state index contributed by atoms with van der Waals surface area (Å²) in [5, 5.41) is 2.23. The SMILES string of the molecule is CCN1C(=O)N(Cc2cccc3ccccc23)C(=O)C12CCN(C(C)CSC)CC2. The second-order valence-electron chi connectivity index (χ2n) is 8.43. The van der Waals surface area contributed by atoms with E-state index in [0.29, 0.717) is 19.1 Å². The van der Waals surface area contributed by atoms with Crippen molar-refractivity contribution in [2.24, 2.45) is 0 Å². The van der Waals surface area contributed by atoms with E-state index in [0.717, 1.165) is 48.0 Å². The number of benzene rings is 2. The fraction of sp³-hybridized carbons (Fsp3) is 0.500. The third kappa shape index (κ3) is 3.50. The zero-order chi connectivity index (χ0) is 21.3. The lowest BCUT2D eigenvalue weighted by Crippen LogP contribution is -2.57. The van der Waals surface area contributed by atoms with Gasteiger partial charge >= 0.3 is 6.03 Å². The molecule has 0 aliphatic carbocycles. The Bertz CT molecular complexity index is 934. The van der Waals surface area contributed by atoms with Gasteiger partial charge < -0.3 is 4.90 Å². The minimum atomic E-state index is -0.675. The van der Waals surface area contributed by atoms with E-state index < -0.39 is 5.54 Å². The molecule has 2 aromatic carbocycles. The molecule has 2 saturated heterocycles. The van der Waals surface area contributed by atoms with Gasteiger partial charge in [-0.25, -0.2) is 4.79 Å². The monoisotopic (exact) mass is 425 g/mol. The Labute approximate surface area is 183 Å². The lowest BCUT2D eigenvalue weighted by atomic mass is 9.85. The van der Waals surface area contributed by atoms with Crippen LogP contribution in [-0.4, -0.2) is 69.9 Å². The van der Waals surface area contributed by atoms with Crippen LogP contribution < -0.4 is 0 Å². The van der Waals surface area contributed by atoms with Crippen LogP contribution in [0.1, 0.15) is 32.3 Å². The Hall–Kier alpha value is -2.05. The van der Waals surface area contributed by atoms with Gasteiger partial charge in [-0.05, 0) is 49.3 Å². The number of imide groups is 1. The van der Waals surface area contributed by atoms with Gasteiger partial charge in [0.05, 0.1) is 6.54 Å². The van der Waals surface area contributed by atoms with Gasteiger partial charge in [0.15, 0.2) is 0 Å². The number of nitrogens with zero attached hydrogens (tertiary/aromatic N) is 3. The molecule has 0 radical (unpaired) electrons. The Morgan fingerprint density at radius 3 is 2.47 bits per heavy atom. The van der Waals surface area contributed by atoms with Gasteiger partial charge in [-0.3, -0.25) is 14.6 Å². The van der Waals surface area contributed by atoms with E-state index in [-0.39, 0.29) is 11.9 Å². The first-order valence-electron chi connectivity index (χ1n) is 10.8. The first kappa shape index (κ1) is 21.2. The Balaban J connectivity index is 1.58. The summed E-state index contributed by atoms with van der Waals surface area (Å²) in [7, 11) is 0. The standard InChI is InChI=1S/C24H31N3O2S/c1-4-27-23(29)26(16-20-10-7-9-19-8-5-6-11-21(19)20)22(28)24(27)12-14-25(15-13-24)18(2)17-30-3/h5-11,18H,4,12-17H2,1-3H3. The second-order valence-corrected chi connectivity index (χ2v) is 9.34. The number of likely N-dealkylation sites (N-methyl/N-ethyl adjacent to an activating group) is 1. The summed E-state index contributed by atoms with van der Waals surface area (Å²) in [5.74, 6) is 1.07. The van der Waals surface area contributed by atoms with Gasteiger partial charge in [-0.2, -0.15) is 11.8 Å². The second kappa shape index (κ2) is 8.60. The third-order valence-electron chi connectivity index (χ3n) is 6.80. The molecule has 30 heavy (non-hydrogen) atoms. The van der Waals surface area contributed by atoms with E-state index in [1.807, 2.05) is 47.9 Å². The van der Waals surface area contributed by atoms with Crippen molar-refractivity contribution >= 4 is 34.5 Å². The van der Waals surface area contributed by atoms with E-state index in [9.17, 15) is 9.59 Å². The molecule has 6 heteroatoms. The van der Waals surface area contributed by atoms with Crippen LogP contribution in [0.2, 0.25) is 0 Å². The molecule has 2 aliphatic heterocycles. The number of thioether (sulfide) groups is 1. The number of hydrogen-bond acceptors (Lipinski definition) is 4. The lowest BCUT2D eigenvalue weighted by Gasteiger charge is -2.43. The average Bonchev–Trinajstić information content (AvgIpc) is 2.95. The van der Waals surface area contributed by atoms with Gasteiger partial charge in [0.2, 0.25) is 0 Å². The van der Waals surface area contributed by atoms with Crippen LogP contribution in [0, 0.1) is 0 Å². The minimum Gasteiger partial charge on any atom is -0.310 e.